The summed E-state index contributed by atoms with van der Waals surface area (Å²) in [4.78, 5) is 11.9. The zero-order valence-corrected chi connectivity index (χ0v) is 15.2. The molecule has 1 aliphatic heterocycles. The van der Waals surface area contributed by atoms with E-state index in [0.717, 1.165) is 0 Å². The Morgan fingerprint density at radius 3 is 2.56 bits per heavy atom. The molecule has 0 unspecified atom stereocenters. The molecule has 1 N–H and O–H groups in total. The predicted molar refractivity (Wildman–Crippen MR) is 94.4 cm³/mol. The van der Waals surface area contributed by atoms with E-state index >= 15 is 0 Å². The Hall–Kier alpha value is -1.89. The van der Waals surface area contributed by atoms with Crippen LogP contribution in [0.2, 0.25) is 10.0 Å². The zero-order chi connectivity index (χ0) is 18.3. The van der Waals surface area contributed by atoms with Gasteiger partial charge in [-0.05, 0) is 35.7 Å². The summed E-state index contributed by atoms with van der Waals surface area (Å²) in [6.45, 7) is 1.40. The first-order chi connectivity index (χ1) is 11.8. The summed E-state index contributed by atoms with van der Waals surface area (Å²) >= 11 is 11.9. The first-order valence-corrected chi connectivity index (χ1v) is 9.00. The maximum absolute atomic E-state index is 14.4. The minimum atomic E-state index is -2.32. The molecule has 3 rings (SSSR count). The lowest BCUT2D eigenvalue weighted by Gasteiger charge is -2.16. The molecule has 0 bridgehead atoms. The Morgan fingerprint density at radius 2 is 1.92 bits per heavy atom. The Labute approximate surface area is 155 Å². The van der Waals surface area contributed by atoms with Crippen LogP contribution in [0.15, 0.2) is 35.2 Å². The normalized spacial score (nSPS) is 14.4. The van der Waals surface area contributed by atoms with Crippen molar-refractivity contribution < 1.29 is 18.1 Å². The van der Waals surface area contributed by atoms with E-state index in [2.05, 4.69) is 0 Å². The molecule has 0 saturated heterocycles. The van der Waals surface area contributed by atoms with Gasteiger partial charge in [0.1, 0.15) is 12.4 Å². The first-order valence-electron chi connectivity index (χ1n) is 7.09. The lowest BCUT2D eigenvalue weighted by Crippen LogP contribution is -2.00. The van der Waals surface area contributed by atoms with Crippen molar-refractivity contribution in [2.75, 3.05) is 6.61 Å². The number of aryl methyl sites for hydroxylation is 1. The number of carbonyl (C=O) groups is 1. The van der Waals surface area contributed by atoms with Crippen LogP contribution >= 0.6 is 23.2 Å². The molecule has 0 fully saturated rings. The highest BCUT2D eigenvalue weighted by molar-refractivity contribution is 7.73. The van der Waals surface area contributed by atoms with E-state index in [1.165, 1.54) is 31.2 Å². The summed E-state index contributed by atoms with van der Waals surface area (Å²) in [5, 5.41) is 0.582. The molecule has 4 nitrogen and oxygen atoms in total. The minimum absolute atomic E-state index is 0.110. The third-order valence-electron chi connectivity index (χ3n) is 3.86. The molecule has 1 heterocycles. The van der Waals surface area contributed by atoms with E-state index in [0.29, 0.717) is 16.2 Å². The minimum Gasteiger partial charge on any atom is -0.457 e. The zero-order valence-electron chi connectivity index (χ0n) is 12.9. The summed E-state index contributed by atoms with van der Waals surface area (Å²) < 4.78 is 38.8. The SMILES string of the molecule is Cc1ccc(C2=C(c3ccc(Cl)c(Cl)c3)C(=O)OC2)c([S-](=N)=O)c1F. The molecule has 8 heteroatoms. The summed E-state index contributed by atoms with van der Waals surface area (Å²) in [6, 6.07) is 7.68. The highest BCUT2D eigenvalue weighted by Gasteiger charge is 2.28. The van der Waals surface area contributed by atoms with Gasteiger partial charge in [-0.2, -0.15) is 10.6 Å². The van der Waals surface area contributed by atoms with E-state index in [1.54, 1.807) is 6.07 Å². The number of hydrogen-bond donors (Lipinski definition) is 1. The summed E-state index contributed by atoms with van der Waals surface area (Å²) in [5.41, 5.74) is 1.48. The van der Waals surface area contributed by atoms with Crippen LogP contribution in [0, 0.1) is 17.5 Å². The van der Waals surface area contributed by atoms with Crippen LogP contribution in [-0.2, 0) is 24.3 Å². The number of carbonyl (C=O) groups excluding carboxylic acids is 1. The molecule has 1 aliphatic rings. The van der Waals surface area contributed by atoms with Gasteiger partial charge in [-0.3, -0.25) is 0 Å². The largest absolute Gasteiger partial charge is 0.457 e. The standard InChI is InChI=1S/C17H11Cl2FNO3S/c1-8-2-4-10(16(15(8)20)25(21)23)11-7-24-17(22)14(11)9-3-5-12(18)13(19)6-9/h2-6,21H,7H2,1H3/q-1. The van der Waals surface area contributed by atoms with Crippen LogP contribution in [0.4, 0.5) is 4.39 Å². The van der Waals surface area contributed by atoms with Crippen LogP contribution in [0.25, 0.3) is 11.1 Å². The Balaban J connectivity index is 2.31. The van der Waals surface area contributed by atoms with E-state index < -0.39 is 22.4 Å². The second kappa shape index (κ2) is 6.78. The van der Waals surface area contributed by atoms with Gasteiger partial charge in [0.15, 0.2) is 0 Å². The van der Waals surface area contributed by atoms with Crippen molar-refractivity contribution in [3.05, 3.63) is 62.9 Å². The second-order valence-electron chi connectivity index (χ2n) is 5.40. The molecule has 0 amide bonds. The van der Waals surface area contributed by atoms with Crippen molar-refractivity contribution in [1.29, 1.82) is 4.78 Å². The van der Waals surface area contributed by atoms with Gasteiger partial charge in [-0.15, -0.1) is 0 Å². The van der Waals surface area contributed by atoms with Gasteiger partial charge >= 0.3 is 5.97 Å². The molecule has 0 spiro atoms. The van der Waals surface area contributed by atoms with Crippen LogP contribution in [-0.4, -0.2) is 12.6 Å². The van der Waals surface area contributed by atoms with Gasteiger partial charge in [-0.25, -0.2) is 9.18 Å². The number of nitrogens with one attached hydrogen (secondary N) is 1. The van der Waals surface area contributed by atoms with Crippen molar-refractivity contribution in [1.82, 2.24) is 0 Å². The summed E-state index contributed by atoms with van der Waals surface area (Å²) in [6.07, 6.45) is 0. The number of esters is 1. The quantitative estimate of drug-likeness (QED) is 0.584. The predicted octanol–water partition coefficient (Wildman–Crippen LogP) is 4.99. The van der Waals surface area contributed by atoms with Gasteiger partial charge in [0, 0.05) is 5.57 Å². The van der Waals surface area contributed by atoms with Crippen molar-refractivity contribution >= 4 is 50.9 Å². The Bertz CT molecular complexity index is 1010. The highest BCUT2D eigenvalue weighted by Crippen LogP contribution is 2.37. The van der Waals surface area contributed by atoms with Gasteiger partial charge in [0.2, 0.25) is 0 Å². The summed E-state index contributed by atoms with van der Waals surface area (Å²) in [7, 11) is -2.32. The third kappa shape index (κ3) is 3.17. The number of ether oxygens (including phenoxy) is 1. The number of cyclic esters (lactones) is 1. The van der Waals surface area contributed by atoms with Crippen molar-refractivity contribution in [3.63, 3.8) is 0 Å². The van der Waals surface area contributed by atoms with Crippen LogP contribution in [0.3, 0.4) is 0 Å². The maximum atomic E-state index is 14.4. The van der Waals surface area contributed by atoms with E-state index in [1.807, 2.05) is 0 Å². The molecule has 130 valence electrons. The van der Waals surface area contributed by atoms with Gasteiger partial charge < -0.3 is 13.7 Å². The fourth-order valence-corrected chi connectivity index (χ4v) is 3.65. The van der Waals surface area contributed by atoms with Crippen molar-refractivity contribution in [2.45, 2.75) is 11.8 Å². The lowest BCUT2D eigenvalue weighted by atomic mass is 9.96. The summed E-state index contributed by atoms with van der Waals surface area (Å²) in [5.74, 6) is -1.33. The fraction of sp³-hybridized carbons (Fsp3) is 0.118. The number of benzene rings is 2. The monoisotopic (exact) mass is 398 g/mol. The third-order valence-corrected chi connectivity index (χ3v) is 5.37. The Morgan fingerprint density at radius 1 is 1.20 bits per heavy atom. The molecule has 0 aliphatic carbocycles. The highest BCUT2D eigenvalue weighted by atomic mass is 35.5. The first kappa shape index (κ1) is 17.9. The average molecular weight is 399 g/mol. The smallest absolute Gasteiger partial charge is 0.339 e. The van der Waals surface area contributed by atoms with E-state index in [4.69, 9.17) is 32.7 Å². The van der Waals surface area contributed by atoms with Crippen LogP contribution in [0.1, 0.15) is 16.7 Å². The topological polar surface area (TPSA) is 67.2 Å². The molecule has 2 aromatic carbocycles. The van der Waals surface area contributed by atoms with Gasteiger partial charge in [0.05, 0.1) is 15.6 Å². The molecular formula is C17H11Cl2FNO3S-. The molecular weight excluding hydrogens is 388 g/mol. The van der Waals surface area contributed by atoms with E-state index in [9.17, 15) is 13.4 Å². The molecule has 0 atom stereocenters. The maximum Gasteiger partial charge on any atom is 0.339 e. The lowest BCUT2D eigenvalue weighted by molar-refractivity contribution is -0.133. The Kier molecular flexibility index (Phi) is 4.86. The molecule has 25 heavy (non-hydrogen) atoms. The molecule has 2 aromatic rings. The van der Waals surface area contributed by atoms with Crippen LogP contribution < -0.4 is 0 Å². The molecule has 0 saturated carbocycles. The van der Waals surface area contributed by atoms with Crippen LogP contribution in [0.5, 0.6) is 0 Å². The average Bonchev–Trinajstić information content (AvgIpc) is 2.93. The number of hydrogen-bond acceptors (Lipinski definition) is 5. The second-order valence-corrected chi connectivity index (χ2v) is 7.16. The molecule has 0 radical (unpaired) electrons. The number of rotatable bonds is 3. The van der Waals surface area contributed by atoms with E-state index in [-0.39, 0.29) is 33.2 Å². The fourth-order valence-electron chi connectivity index (χ4n) is 2.63. The van der Waals surface area contributed by atoms with Crippen molar-refractivity contribution in [2.24, 2.45) is 0 Å². The number of halogens is 3. The van der Waals surface area contributed by atoms with Gasteiger partial charge in [0.25, 0.3) is 0 Å². The molecule has 0 aromatic heterocycles. The van der Waals surface area contributed by atoms with Gasteiger partial charge in [-0.1, -0.05) is 46.3 Å². The van der Waals surface area contributed by atoms with Crippen molar-refractivity contribution in [3.8, 4) is 0 Å².